The summed E-state index contributed by atoms with van der Waals surface area (Å²) in [4.78, 5) is 0. The van der Waals surface area contributed by atoms with Gasteiger partial charge in [-0.2, -0.15) is 9.34 Å². The van der Waals surface area contributed by atoms with Crippen LogP contribution in [0.25, 0.3) is 0 Å². The van der Waals surface area contributed by atoms with E-state index in [1.165, 1.54) is 0 Å². The van der Waals surface area contributed by atoms with E-state index in [9.17, 15) is 10.2 Å². The fourth-order valence-electron chi connectivity index (χ4n) is 7.14. The molecule has 0 aromatic heterocycles. The van der Waals surface area contributed by atoms with Crippen LogP contribution < -0.4 is 4.52 Å². The first-order chi connectivity index (χ1) is 24.2. The van der Waals surface area contributed by atoms with E-state index < -0.39 is 37.7 Å². The Bertz CT molecular complexity index is 1780. The van der Waals surface area contributed by atoms with Crippen molar-refractivity contribution in [2.24, 2.45) is 0 Å². The Labute approximate surface area is 294 Å². The molecule has 50 heavy (non-hydrogen) atoms. The van der Waals surface area contributed by atoms with Crippen LogP contribution in [0.2, 0.25) is 0 Å². The molecule has 2 aliphatic rings. The molecule has 0 unspecified atom stereocenters. The molecule has 2 fully saturated rings. The zero-order valence-corrected chi connectivity index (χ0v) is 29.2. The van der Waals surface area contributed by atoms with E-state index in [0.29, 0.717) is 18.6 Å². The molecule has 0 radical (unpaired) electrons. The molecular weight excluding hydrogens is 647 g/mol. The summed E-state index contributed by atoms with van der Waals surface area (Å²) in [6.45, 7) is 4.38. The van der Waals surface area contributed by atoms with Gasteiger partial charge in [0.1, 0.15) is 29.5 Å². The Hall–Kier alpha value is -4.43. The Morgan fingerprint density at radius 1 is 0.580 bits per heavy atom. The highest BCUT2D eigenvalue weighted by Crippen LogP contribution is 2.62. The number of benzene rings is 5. The number of ether oxygens (including phenoxy) is 2. The minimum atomic E-state index is -4.05. The summed E-state index contributed by atoms with van der Waals surface area (Å²) in [5.74, 6) is -0.121. The second-order valence-electron chi connectivity index (χ2n) is 13.5. The average molecular weight is 691 g/mol. The molecule has 0 saturated carbocycles. The van der Waals surface area contributed by atoms with Crippen molar-refractivity contribution in [2.45, 2.75) is 69.9 Å². The van der Waals surface area contributed by atoms with E-state index >= 15 is 4.57 Å². The number of para-hydroxylation sites is 1. The Kier molecular flexibility index (Phi) is 9.82. The minimum absolute atomic E-state index is 0.153. The second-order valence-corrected chi connectivity index (χ2v) is 15.7. The van der Waals surface area contributed by atoms with E-state index in [-0.39, 0.29) is 24.6 Å². The number of rotatable bonds is 10. The van der Waals surface area contributed by atoms with Crippen LogP contribution in [-0.2, 0) is 40.0 Å². The normalized spacial score (nSPS) is 23.2. The van der Waals surface area contributed by atoms with Crippen LogP contribution in [0, 0.1) is 0 Å². The lowest BCUT2D eigenvalue weighted by molar-refractivity contribution is -0.155. The highest BCUT2D eigenvalue weighted by molar-refractivity contribution is 7.54. The third kappa shape index (κ3) is 7.51. The molecule has 8 nitrogen and oxygen atoms in total. The van der Waals surface area contributed by atoms with Gasteiger partial charge >= 0.3 is 7.67 Å². The van der Waals surface area contributed by atoms with Crippen LogP contribution in [0.5, 0.6) is 17.2 Å². The van der Waals surface area contributed by atoms with Gasteiger partial charge in [-0.25, -0.2) is 4.57 Å². The molecule has 5 aromatic rings. The van der Waals surface area contributed by atoms with Crippen molar-refractivity contribution >= 4 is 7.67 Å². The molecule has 4 atom stereocenters. The first-order valence-corrected chi connectivity index (χ1v) is 18.6. The number of nitrogens with zero attached hydrogens (tertiary/aromatic N) is 2. The van der Waals surface area contributed by atoms with E-state index in [2.05, 4.69) is 24.3 Å². The maximum absolute atomic E-state index is 16.6. The lowest BCUT2D eigenvalue weighted by atomic mass is 9.91. The van der Waals surface area contributed by atoms with Crippen LogP contribution in [0.3, 0.4) is 0 Å². The number of hydrogen-bond acceptors (Lipinski definition) is 6. The summed E-state index contributed by atoms with van der Waals surface area (Å²) < 4.78 is 41.3. The summed E-state index contributed by atoms with van der Waals surface area (Å²) in [6.07, 6.45) is 0.0571. The zero-order valence-electron chi connectivity index (χ0n) is 28.3. The molecule has 0 amide bonds. The van der Waals surface area contributed by atoms with Crippen molar-refractivity contribution in [3.05, 3.63) is 162 Å². The van der Waals surface area contributed by atoms with E-state index in [1.807, 2.05) is 114 Å². The lowest BCUT2D eigenvalue weighted by Gasteiger charge is -2.42. The Morgan fingerprint density at radius 2 is 0.960 bits per heavy atom. The van der Waals surface area contributed by atoms with E-state index in [4.69, 9.17) is 14.0 Å². The molecule has 0 aliphatic carbocycles. The number of phenolic OH excluding ortho intramolecular Hbond substituents is 2. The smallest absolute Gasteiger partial charge is 0.397 e. The predicted octanol–water partition coefficient (Wildman–Crippen LogP) is 8.35. The average Bonchev–Trinajstić information content (AvgIpc) is 3.43. The number of hydrogen-bond donors (Lipinski definition) is 2. The third-order valence-corrected chi connectivity index (χ3v) is 12.1. The summed E-state index contributed by atoms with van der Waals surface area (Å²) >= 11 is 0. The molecule has 5 aromatic carbocycles. The zero-order chi connectivity index (χ0) is 34.7. The standard InChI is InChI=1S/C41H43N2O6P/c1-41(2)47-39-37(26-30-12-6-3-7-13-30)42(28-32-18-22-34(44)23-19-32)50(46,49-36-16-10-5-11-17-36)43(29-33-20-24-35(45)25-21-33)38(40(39)48-41)27-31-14-8-4-9-15-31/h3-25,37-40,44-45H,26-29H2,1-2H3/t37-,38-,39-,40-/m1/s1. The van der Waals surface area contributed by atoms with Gasteiger partial charge in [-0.3, -0.25) is 0 Å². The van der Waals surface area contributed by atoms with Gasteiger partial charge in [0.2, 0.25) is 0 Å². The fraction of sp³-hybridized carbons (Fsp3) is 0.268. The maximum Gasteiger partial charge on any atom is 0.397 e. The lowest BCUT2D eigenvalue weighted by Crippen LogP contribution is -2.48. The highest BCUT2D eigenvalue weighted by atomic mass is 31.2. The molecule has 2 aliphatic heterocycles. The summed E-state index contributed by atoms with van der Waals surface area (Å²) in [5.41, 5.74) is 3.85. The minimum Gasteiger partial charge on any atom is -0.508 e. The van der Waals surface area contributed by atoms with Crippen LogP contribution in [0.15, 0.2) is 140 Å². The maximum atomic E-state index is 16.6. The molecule has 9 heteroatoms. The molecule has 0 spiro atoms. The van der Waals surface area contributed by atoms with Crippen molar-refractivity contribution in [3.8, 4) is 17.2 Å². The largest absolute Gasteiger partial charge is 0.508 e. The van der Waals surface area contributed by atoms with Crippen molar-refractivity contribution in [1.29, 1.82) is 0 Å². The van der Waals surface area contributed by atoms with E-state index in [0.717, 1.165) is 22.3 Å². The van der Waals surface area contributed by atoms with E-state index in [1.54, 1.807) is 24.3 Å². The van der Waals surface area contributed by atoms with Gasteiger partial charge in [0.25, 0.3) is 0 Å². The first-order valence-electron chi connectivity index (χ1n) is 17.1. The quantitative estimate of drug-likeness (QED) is 0.141. The van der Waals surface area contributed by atoms with Crippen molar-refractivity contribution in [3.63, 3.8) is 0 Å². The predicted molar refractivity (Wildman–Crippen MR) is 194 cm³/mol. The highest BCUT2D eigenvalue weighted by Gasteiger charge is 2.60. The van der Waals surface area contributed by atoms with Crippen molar-refractivity contribution < 1.29 is 28.8 Å². The fourth-order valence-corrected chi connectivity index (χ4v) is 9.90. The molecular formula is C41H43N2O6P. The van der Waals surface area contributed by atoms with Gasteiger partial charge in [-0.05, 0) is 85.3 Å². The summed E-state index contributed by atoms with van der Waals surface area (Å²) in [5, 5.41) is 20.4. The van der Waals surface area contributed by atoms with Crippen LogP contribution in [0.4, 0.5) is 0 Å². The number of fused-ring (bicyclic) bond motifs is 1. The van der Waals surface area contributed by atoms with Crippen LogP contribution in [-0.4, -0.2) is 49.6 Å². The van der Waals surface area contributed by atoms with Crippen molar-refractivity contribution in [2.75, 3.05) is 0 Å². The van der Waals surface area contributed by atoms with Crippen LogP contribution in [0.1, 0.15) is 36.1 Å². The van der Waals surface area contributed by atoms with Crippen molar-refractivity contribution in [1.82, 2.24) is 9.34 Å². The third-order valence-electron chi connectivity index (χ3n) is 9.44. The topological polar surface area (TPSA) is 91.7 Å². The first kappa shape index (κ1) is 34.0. The van der Waals surface area contributed by atoms with Gasteiger partial charge in [0.05, 0.1) is 12.1 Å². The van der Waals surface area contributed by atoms with Gasteiger partial charge in [-0.1, -0.05) is 103 Å². The summed E-state index contributed by atoms with van der Waals surface area (Å²) in [6, 6.07) is 42.8. The molecule has 2 N–H and O–H groups in total. The number of aromatic hydroxyl groups is 2. The van der Waals surface area contributed by atoms with Gasteiger partial charge in [-0.15, -0.1) is 0 Å². The monoisotopic (exact) mass is 690 g/mol. The summed E-state index contributed by atoms with van der Waals surface area (Å²) in [7, 11) is -4.05. The SMILES string of the molecule is CC1(C)O[C@H]2[C@H](O1)[C@@H](Cc1ccccc1)N(Cc1ccc(O)cc1)P(=O)(Oc1ccccc1)N(Cc1ccc(O)cc1)[C@@H]2Cc1ccccc1. The van der Waals surface area contributed by atoms with Crippen LogP contribution >= 0.6 is 7.67 Å². The molecule has 2 saturated heterocycles. The molecule has 7 rings (SSSR count). The Morgan fingerprint density at radius 3 is 1.36 bits per heavy atom. The van der Waals surface area contributed by atoms with Gasteiger partial charge in [0, 0.05) is 13.1 Å². The Balaban J connectivity index is 1.47. The van der Waals surface area contributed by atoms with Gasteiger partial charge in [0.15, 0.2) is 5.79 Å². The molecule has 258 valence electrons. The molecule has 0 bridgehead atoms. The van der Waals surface area contributed by atoms with Gasteiger partial charge < -0.3 is 24.2 Å². The second kappa shape index (κ2) is 14.4. The molecule has 2 heterocycles. The number of phenols is 2.